The number of amides is 3. The van der Waals surface area contributed by atoms with Crippen molar-refractivity contribution in [1.82, 2.24) is 20.9 Å². The summed E-state index contributed by atoms with van der Waals surface area (Å²) < 4.78 is 0. The van der Waals surface area contributed by atoms with Gasteiger partial charge in [0.05, 0.1) is 6.54 Å². The third kappa shape index (κ3) is 7.13. The van der Waals surface area contributed by atoms with Crippen molar-refractivity contribution in [3.8, 4) is 0 Å². The zero-order chi connectivity index (χ0) is 18.8. The minimum absolute atomic E-state index is 0.0465. The number of nitrogens with zero attached hydrogens (tertiary/aromatic N) is 1. The molecule has 1 aliphatic heterocycles. The largest absolute Gasteiger partial charge is 0.355 e. The highest BCUT2D eigenvalue weighted by Crippen LogP contribution is 2.10. The normalized spacial score (nSPS) is 15.4. The fraction of sp³-hybridized carbons (Fsp3) is 0.611. The number of piperidine rings is 1. The third-order valence-corrected chi connectivity index (χ3v) is 5.00. The molecule has 2 rings (SSSR count). The number of hydrogen-bond acceptors (Lipinski definition) is 5. The van der Waals surface area contributed by atoms with Gasteiger partial charge in [0.15, 0.2) is 0 Å². The van der Waals surface area contributed by atoms with E-state index >= 15 is 0 Å². The van der Waals surface area contributed by atoms with Crippen LogP contribution in [0.25, 0.3) is 0 Å². The van der Waals surface area contributed by atoms with Crippen LogP contribution in [-0.2, 0) is 9.59 Å². The quantitative estimate of drug-likeness (QED) is 0.596. The maximum Gasteiger partial charge on any atom is 0.252 e. The molecule has 3 N–H and O–H groups in total. The van der Waals surface area contributed by atoms with Crippen molar-refractivity contribution < 1.29 is 14.4 Å². The molecule has 0 atom stereocenters. The number of rotatable bonds is 9. The molecule has 0 spiro atoms. The number of carbonyl (C=O) groups excluding carboxylic acids is 3. The summed E-state index contributed by atoms with van der Waals surface area (Å²) >= 11 is 1.47. The highest BCUT2D eigenvalue weighted by molar-refractivity contribution is 7.08. The Morgan fingerprint density at radius 3 is 2.58 bits per heavy atom. The summed E-state index contributed by atoms with van der Waals surface area (Å²) in [5, 5.41) is 12.3. The second kappa shape index (κ2) is 10.9. The molecule has 144 valence electrons. The molecule has 0 aliphatic carbocycles. The van der Waals surface area contributed by atoms with Gasteiger partial charge in [-0.05, 0) is 30.7 Å². The van der Waals surface area contributed by atoms with Gasteiger partial charge in [0.1, 0.15) is 0 Å². The van der Waals surface area contributed by atoms with Crippen LogP contribution in [0.4, 0.5) is 0 Å². The Morgan fingerprint density at radius 1 is 1.15 bits per heavy atom. The molecule has 7 nitrogen and oxygen atoms in total. The van der Waals surface area contributed by atoms with Gasteiger partial charge in [0, 0.05) is 49.6 Å². The van der Waals surface area contributed by atoms with Crippen molar-refractivity contribution in [2.75, 3.05) is 32.7 Å². The van der Waals surface area contributed by atoms with Gasteiger partial charge in [-0.3, -0.25) is 19.3 Å². The Hall–Kier alpha value is -1.93. The lowest BCUT2D eigenvalue weighted by atomic mass is 10.0. The average molecular weight is 381 g/mol. The fourth-order valence-corrected chi connectivity index (χ4v) is 3.48. The molecule has 0 unspecified atom stereocenters. The van der Waals surface area contributed by atoms with E-state index in [2.05, 4.69) is 20.9 Å². The van der Waals surface area contributed by atoms with Crippen LogP contribution in [0, 0.1) is 0 Å². The van der Waals surface area contributed by atoms with Crippen molar-refractivity contribution in [3.05, 3.63) is 22.4 Å². The summed E-state index contributed by atoms with van der Waals surface area (Å²) in [5.41, 5.74) is 0.630. The van der Waals surface area contributed by atoms with Crippen LogP contribution in [0.2, 0.25) is 0 Å². The van der Waals surface area contributed by atoms with Crippen LogP contribution in [0.3, 0.4) is 0 Å². The molecule has 0 aromatic carbocycles. The summed E-state index contributed by atoms with van der Waals surface area (Å²) in [6, 6.07) is 1.90. The van der Waals surface area contributed by atoms with E-state index in [-0.39, 0.29) is 30.2 Å². The van der Waals surface area contributed by atoms with Crippen molar-refractivity contribution in [1.29, 1.82) is 0 Å². The lowest BCUT2D eigenvalue weighted by Crippen LogP contribution is -2.47. The number of nitrogens with one attached hydrogen (secondary N) is 3. The van der Waals surface area contributed by atoms with Gasteiger partial charge >= 0.3 is 0 Å². The Kier molecular flexibility index (Phi) is 8.57. The van der Waals surface area contributed by atoms with E-state index in [1.807, 2.05) is 12.3 Å². The van der Waals surface area contributed by atoms with Crippen molar-refractivity contribution in [3.63, 3.8) is 0 Å². The van der Waals surface area contributed by atoms with Gasteiger partial charge in [-0.2, -0.15) is 11.3 Å². The molecule has 8 heteroatoms. The Bertz CT molecular complexity index is 583. The first-order chi connectivity index (χ1) is 12.6. The van der Waals surface area contributed by atoms with Gasteiger partial charge in [-0.25, -0.2) is 0 Å². The first kappa shape index (κ1) is 20.4. The molecular formula is C18H28N4O3S. The molecule has 1 aromatic rings. The molecule has 1 aliphatic rings. The van der Waals surface area contributed by atoms with E-state index in [0.717, 1.165) is 32.4 Å². The maximum atomic E-state index is 12.0. The highest BCUT2D eigenvalue weighted by atomic mass is 32.1. The molecule has 26 heavy (non-hydrogen) atoms. The zero-order valence-electron chi connectivity index (χ0n) is 15.3. The van der Waals surface area contributed by atoms with Crippen LogP contribution >= 0.6 is 11.3 Å². The summed E-state index contributed by atoms with van der Waals surface area (Å²) in [4.78, 5) is 37.7. The van der Waals surface area contributed by atoms with E-state index in [4.69, 9.17) is 0 Å². The summed E-state index contributed by atoms with van der Waals surface area (Å²) in [5.74, 6) is -0.126. The first-order valence-corrected chi connectivity index (χ1v) is 10.1. The minimum atomic E-state index is -0.145. The van der Waals surface area contributed by atoms with E-state index in [9.17, 15) is 14.4 Å². The first-order valence-electron chi connectivity index (χ1n) is 9.17. The van der Waals surface area contributed by atoms with E-state index in [0.29, 0.717) is 25.2 Å². The number of likely N-dealkylation sites (tertiary alicyclic amines) is 1. The minimum Gasteiger partial charge on any atom is -0.355 e. The van der Waals surface area contributed by atoms with Gasteiger partial charge in [-0.1, -0.05) is 6.92 Å². The molecule has 2 heterocycles. The van der Waals surface area contributed by atoms with Crippen molar-refractivity contribution in [2.24, 2.45) is 0 Å². The van der Waals surface area contributed by atoms with Gasteiger partial charge in [0.25, 0.3) is 5.91 Å². The van der Waals surface area contributed by atoms with E-state index in [1.165, 1.54) is 11.3 Å². The standard InChI is InChI=1S/C18H28N4O3S/c1-2-7-19-17(24)12-22-9-4-15(5-10-22)21-16(23)3-8-20-18(25)14-6-11-26-13-14/h6,11,13,15H,2-5,7-10,12H2,1H3,(H,19,24)(H,20,25)(H,21,23). The van der Waals surface area contributed by atoms with Gasteiger partial charge < -0.3 is 16.0 Å². The van der Waals surface area contributed by atoms with Crippen molar-refractivity contribution >= 4 is 29.1 Å². The molecule has 0 radical (unpaired) electrons. The van der Waals surface area contributed by atoms with Crippen LogP contribution in [0.1, 0.15) is 43.0 Å². The lowest BCUT2D eigenvalue weighted by molar-refractivity contribution is -0.124. The number of carbonyl (C=O) groups is 3. The molecule has 0 bridgehead atoms. The fourth-order valence-electron chi connectivity index (χ4n) is 2.84. The monoisotopic (exact) mass is 380 g/mol. The second-order valence-corrected chi connectivity index (χ2v) is 7.27. The third-order valence-electron chi connectivity index (χ3n) is 4.31. The number of thiophene rings is 1. The maximum absolute atomic E-state index is 12.0. The Morgan fingerprint density at radius 2 is 1.92 bits per heavy atom. The van der Waals surface area contributed by atoms with Crippen LogP contribution in [0.15, 0.2) is 16.8 Å². The second-order valence-electron chi connectivity index (χ2n) is 6.49. The Balaban J connectivity index is 1.57. The van der Waals surface area contributed by atoms with Crippen LogP contribution in [-0.4, -0.2) is 61.4 Å². The van der Waals surface area contributed by atoms with Crippen LogP contribution in [0.5, 0.6) is 0 Å². The van der Waals surface area contributed by atoms with Gasteiger partial charge in [-0.15, -0.1) is 0 Å². The lowest BCUT2D eigenvalue weighted by Gasteiger charge is -2.31. The van der Waals surface area contributed by atoms with E-state index in [1.54, 1.807) is 11.4 Å². The summed E-state index contributed by atoms with van der Waals surface area (Å²) in [6.45, 7) is 5.11. The highest BCUT2D eigenvalue weighted by Gasteiger charge is 2.21. The number of hydrogen-bond donors (Lipinski definition) is 3. The molecule has 3 amide bonds. The topological polar surface area (TPSA) is 90.5 Å². The summed E-state index contributed by atoms with van der Waals surface area (Å²) in [6.07, 6.45) is 2.89. The Labute approximate surface area is 158 Å². The zero-order valence-corrected chi connectivity index (χ0v) is 16.1. The van der Waals surface area contributed by atoms with Crippen molar-refractivity contribution in [2.45, 2.75) is 38.6 Å². The molecule has 1 fully saturated rings. The van der Waals surface area contributed by atoms with E-state index < -0.39 is 0 Å². The predicted octanol–water partition coefficient (Wildman–Crippen LogP) is 0.975. The predicted molar refractivity (Wildman–Crippen MR) is 102 cm³/mol. The molecule has 1 saturated heterocycles. The SMILES string of the molecule is CCCNC(=O)CN1CCC(NC(=O)CCNC(=O)c2ccsc2)CC1. The molecule has 0 saturated carbocycles. The average Bonchev–Trinajstić information content (AvgIpc) is 3.16. The summed E-state index contributed by atoms with van der Waals surface area (Å²) in [7, 11) is 0. The molecular weight excluding hydrogens is 352 g/mol. The van der Waals surface area contributed by atoms with Gasteiger partial charge in [0.2, 0.25) is 11.8 Å². The smallest absolute Gasteiger partial charge is 0.252 e. The van der Waals surface area contributed by atoms with Crippen LogP contribution < -0.4 is 16.0 Å². The molecule has 1 aromatic heterocycles.